The first-order chi connectivity index (χ1) is 7.28. The van der Waals surface area contributed by atoms with E-state index in [1.807, 2.05) is 12.1 Å². The first-order valence-corrected chi connectivity index (χ1v) is 5.96. The van der Waals surface area contributed by atoms with Crippen molar-refractivity contribution in [3.05, 3.63) is 34.9 Å². The summed E-state index contributed by atoms with van der Waals surface area (Å²) in [7, 11) is 0. The Balaban J connectivity index is 2.26. The Morgan fingerprint density at radius 3 is 1.88 bits per heavy atom. The molecule has 1 aliphatic carbocycles. The van der Waals surface area contributed by atoms with E-state index < -0.39 is 0 Å². The highest BCUT2D eigenvalue weighted by atomic mass is 35.5. The average Bonchev–Trinajstić information content (AvgIpc) is 2.57. The van der Waals surface area contributed by atoms with Gasteiger partial charge < -0.3 is 0 Å². The lowest BCUT2D eigenvalue weighted by atomic mass is 10.0. The number of halogens is 1. The summed E-state index contributed by atoms with van der Waals surface area (Å²) in [5, 5.41) is 0.672. The number of hydrogen-bond donors (Lipinski definition) is 0. The van der Waals surface area contributed by atoms with Crippen LogP contribution in [0.15, 0.2) is 24.3 Å². The van der Waals surface area contributed by atoms with Gasteiger partial charge in [0.25, 0.3) is 0 Å². The number of hydrogen-bond acceptors (Lipinski definition) is 1. The Kier molecular flexibility index (Phi) is 2.43. The molecular formula is C14H17ClO. The fourth-order valence-electron chi connectivity index (χ4n) is 2.63. The Morgan fingerprint density at radius 1 is 1.06 bits per heavy atom. The third kappa shape index (κ3) is 1.49. The zero-order valence-corrected chi connectivity index (χ0v) is 10.9. The molecule has 0 amide bonds. The van der Waals surface area contributed by atoms with Crippen LogP contribution in [0.5, 0.6) is 0 Å². The third-order valence-corrected chi connectivity index (χ3v) is 4.66. The van der Waals surface area contributed by atoms with Gasteiger partial charge >= 0.3 is 0 Å². The van der Waals surface area contributed by atoms with Gasteiger partial charge in [0, 0.05) is 16.5 Å². The van der Waals surface area contributed by atoms with Crippen molar-refractivity contribution >= 4 is 17.4 Å². The molecular weight excluding hydrogens is 220 g/mol. The van der Waals surface area contributed by atoms with Crippen LogP contribution in [0.25, 0.3) is 0 Å². The summed E-state index contributed by atoms with van der Waals surface area (Å²) in [6.45, 7) is 8.63. The molecule has 1 aliphatic rings. The minimum Gasteiger partial charge on any atom is -0.294 e. The zero-order valence-electron chi connectivity index (χ0n) is 10.2. The topological polar surface area (TPSA) is 17.1 Å². The van der Waals surface area contributed by atoms with E-state index in [4.69, 9.17) is 11.6 Å². The molecule has 1 nitrogen and oxygen atoms in total. The molecule has 1 fully saturated rings. The summed E-state index contributed by atoms with van der Waals surface area (Å²) < 4.78 is 0. The molecule has 0 aromatic heterocycles. The van der Waals surface area contributed by atoms with Gasteiger partial charge in [-0.1, -0.05) is 39.3 Å². The number of benzene rings is 1. The summed E-state index contributed by atoms with van der Waals surface area (Å²) >= 11 is 5.81. The molecule has 86 valence electrons. The van der Waals surface area contributed by atoms with Crippen molar-refractivity contribution < 1.29 is 4.79 Å². The molecule has 16 heavy (non-hydrogen) atoms. The van der Waals surface area contributed by atoms with Crippen molar-refractivity contribution in [1.82, 2.24) is 0 Å². The minimum absolute atomic E-state index is 0.101. The van der Waals surface area contributed by atoms with Gasteiger partial charge in [0.15, 0.2) is 5.78 Å². The molecule has 1 saturated carbocycles. The lowest BCUT2D eigenvalue weighted by Crippen LogP contribution is -2.07. The molecule has 0 spiro atoms. The van der Waals surface area contributed by atoms with Gasteiger partial charge in [0.1, 0.15) is 0 Å². The summed E-state index contributed by atoms with van der Waals surface area (Å²) in [6, 6.07) is 7.18. The summed E-state index contributed by atoms with van der Waals surface area (Å²) in [5.41, 5.74) is 0.973. The highest BCUT2D eigenvalue weighted by molar-refractivity contribution is 6.30. The van der Waals surface area contributed by atoms with Gasteiger partial charge in [-0.05, 0) is 35.1 Å². The standard InChI is InChI=1S/C14H17ClO/c1-13(2)12(14(13,3)4)11(16)9-5-7-10(15)8-6-9/h5-8,12H,1-4H3. The molecule has 0 bridgehead atoms. The van der Waals surface area contributed by atoms with Crippen molar-refractivity contribution in [3.63, 3.8) is 0 Å². The smallest absolute Gasteiger partial charge is 0.167 e. The number of carbonyl (C=O) groups excluding carboxylic acids is 1. The van der Waals surface area contributed by atoms with E-state index in [1.165, 1.54) is 0 Å². The first kappa shape index (κ1) is 11.7. The predicted molar refractivity (Wildman–Crippen MR) is 66.8 cm³/mol. The van der Waals surface area contributed by atoms with E-state index in [0.29, 0.717) is 5.02 Å². The van der Waals surface area contributed by atoms with E-state index in [-0.39, 0.29) is 22.5 Å². The maximum Gasteiger partial charge on any atom is 0.167 e. The number of carbonyl (C=O) groups is 1. The lowest BCUT2D eigenvalue weighted by Gasteiger charge is -2.03. The first-order valence-electron chi connectivity index (χ1n) is 5.58. The molecule has 0 saturated heterocycles. The van der Waals surface area contributed by atoms with Crippen LogP contribution in [0.3, 0.4) is 0 Å². The van der Waals surface area contributed by atoms with Crippen molar-refractivity contribution in [2.24, 2.45) is 16.7 Å². The maximum atomic E-state index is 12.3. The molecule has 0 aliphatic heterocycles. The van der Waals surface area contributed by atoms with Gasteiger partial charge in [-0.2, -0.15) is 0 Å². The van der Waals surface area contributed by atoms with Crippen molar-refractivity contribution in [2.45, 2.75) is 27.7 Å². The minimum atomic E-state index is 0.101. The lowest BCUT2D eigenvalue weighted by molar-refractivity contribution is 0.0945. The summed E-state index contributed by atoms with van der Waals surface area (Å²) in [5.74, 6) is 0.368. The number of rotatable bonds is 2. The maximum absolute atomic E-state index is 12.3. The summed E-state index contributed by atoms with van der Waals surface area (Å²) in [6.07, 6.45) is 0. The molecule has 0 heterocycles. The number of ketones is 1. The van der Waals surface area contributed by atoms with Crippen molar-refractivity contribution in [2.75, 3.05) is 0 Å². The SMILES string of the molecule is CC1(C)C(C(=O)c2ccc(Cl)cc2)C1(C)C. The second kappa shape index (κ2) is 3.33. The second-order valence-corrected chi connectivity index (χ2v) is 6.18. The van der Waals surface area contributed by atoms with Gasteiger partial charge in [-0.15, -0.1) is 0 Å². The van der Waals surface area contributed by atoms with Crippen LogP contribution < -0.4 is 0 Å². The Labute approximate surface area is 102 Å². The van der Waals surface area contributed by atoms with E-state index >= 15 is 0 Å². The van der Waals surface area contributed by atoms with Crippen LogP contribution >= 0.6 is 11.6 Å². The van der Waals surface area contributed by atoms with E-state index in [1.54, 1.807) is 12.1 Å². The molecule has 1 aromatic carbocycles. The highest BCUT2D eigenvalue weighted by Gasteiger charge is 2.67. The van der Waals surface area contributed by atoms with Crippen LogP contribution in [-0.4, -0.2) is 5.78 Å². The molecule has 0 N–H and O–H groups in total. The fourth-order valence-corrected chi connectivity index (χ4v) is 2.76. The molecule has 1 aromatic rings. The molecule has 0 atom stereocenters. The largest absolute Gasteiger partial charge is 0.294 e. The monoisotopic (exact) mass is 236 g/mol. The van der Waals surface area contributed by atoms with Gasteiger partial charge in [-0.3, -0.25) is 4.79 Å². The van der Waals surface area contributed by atoms with Gasteiger partial charge in [0.05, 0.1) is 0 Å². The quantitative estimate of drug-likeness (QED) is 0.704. The van der Waals surface area contributed by atoms with Gasteiger partial charge in [-0.25, -0.2) is 0 Å². The normalized spacial score (nSPS) is 21.8. The van der Waals surface area contributed by atoms with Crippen LogP contribution in [0, 0.1) is 16.7 Å². The fraction of sp³-hybridized carbons (Fsp3) is 0.500. The van der Waals surface area contributed by atoms with E-state index in [9.17, 15) is 4.79 Å². The highest BCUT2D eigenvalue weighted by Crippen LogP contribution is 2.69. The number of Topliss-reactive ketones (excluding diaryl/α,β-unsaturated/α-hetero) is 1. The third-order valence-electron chi connectivity index (χ3n) is 4.41. The Hall–Kier alpha value is -0.820. The second-order valence-electron chi connectivity index (χ2n) is 5.75. The average molecular weight is 237 g/mol. The molecule has 2 heteroatoms. The Bertz CT molecular complexity index is 415. The van der Waals surface area contributed by atoms with Crippen LogP contribution in [0.1, 0.15) is 38.1 Å². The van der Waals surface area contributed by atoms with Crippen LogP contribution in [-0.2, 0) is 0 Å². The van der Waals surface area contributed by atoms with Crippen molar-refractivity contribution in [1.29, 1.82) is 0 Å². The van der Waals surface area contributed by atoms with Crippen molar-refractivity contribution in [3.8, 4) is 0 Å². The van der Waals surface area contributed by atoms with E-state index in [2.05, 4.69) is 27.7 Å². The van der Waals surface area contributed by atoms with E-state index in [0.717, 1.165) is 5.56 Å². The Morgan fingerprint density at radius 2 is 1.50 bits per heavy atom. The van der Waals surface area contributed by atoms with Crippen LogP contribution in [0.2, 0.25) is 5.02 Å². The molecule has 0 unspecified atom stereocenters. The predicted octanol–water partition coefficient (Wildman–Crippen LogP) is 4.20. The molecule has 0 radical (unpaired) electrons. The van der Waals surface area contributed by atoms with Crippen LogP contribution in [0.4, 0.5) is 0 Å². The molecule has 2 rings (SSSR count). The summed E-state index contributed by atoms with van der Waals surface area (Å²) in [4.78, 5) is 12.3. The zero-order chi connectivity index (χ0) is 12.1. The van der Waals surface area contributed by atoms with Gasteiger partial charge in [0.2, 0.25) is 0 Å².